The summed E-state index contributed by atoms with van der Waals surface area (Å²) >= 11 is 1.38. The third kappa shape index (κ3) is 1.88. The van der Waals surface area contributed by atoms with Gasteiger partial charge in [0.1, 0.15) is 16.4 Å². The minimum absolute atomic E-state index is 0.0802. The molecule has 1 N–H and O–H groups in total. The van der Waals surface area contributed by atoms with E-state index in [1.807, 2.05) is 18.2 Å². The number of thioether (sulfide) groups is 1. The molecule has 2 heterocycles. The van der Waals surface area contributed by atoms with Gasteiger partial charge in [0.15, 0.2) is 6.29 Å². The molecular formula is C10H10N2O2S. The number of aromatic nitrogens is 2. The minimum atomic E-state index is 0.0802. The third-order valence-corrected chi connectivity index (χ3v) is 2.94. The van der Waals surface area contributed by atoms with Gasteiger partial charge in [-0.1, -0.05) is 6.07 Å². The second-order valence-electron chi connectivity index (χ2n) is 2.92. The average molecular weight is 222 g/mol. The molecule has 0 aliphatic heterocycles. The van der Waals surface area contributed by atoms with Crippen molar-refractivity contribution >= 4 is 23.7 Å². The van der Waals surface area contributed by atoms with Gasteiger partial charge < -0.3 is 5.11 Å². The van der Waals surface area contributed by atoms with E-state index in [1.54, 1.807) is 10.6 Å². The summed E-state index contributed by atoms with van der Waals surface area (Å²) in [7, 11) is 0. The minimum Gasteiger partial charge on any atom is -0.396 e. The van der Waals surface area contributed by atoms with Gasteiger partial charge in [0.2, 0.25) is 0 Å². The second-order valence-corrected chi connectivity index (χ2v) is 4.00. The Morgan fingerprint density at radius 1 is 1.53 bits per heavy atom. The predicted molar refractivity (Wildman–Crippen MR) is 58.4 cm³/mol. The van der Waals surface area contributed by atoms with E-state index in [1.165, 1.54) is 11.8 Å². The fraction of sp³-hybridized carbons (Fsp3) is 0.200. The molecule has 2 aromatic rings. The Morgan fingerprint density at radius 2 is 2.40 bits per heavy atom. The molecule has 0 aliphatic rings. The van der Waals surface area contributed by atoms with Crippen molar-refractivity contribution < 1.29 is 9.90 Å². The molecule has 4 nitrogen and oxygen atoms in total. The smallest absolute Gasteiger partial charge is 0.169 e. The molecule has 0 saturated carbocycles. The van der Waals surface area contributed by atoms with Crippen LogP contribution in [0.4, 0.5) is 0 Å². The number of aliphatic hydroxyl groups is 1. The molecule has 0 aliphatic carbocycles. The first-order valence-electron chi connectivity index (χ1n) is 4.52. The Kier molecular flexibility index (Phi) is 3.03. The lowest BCUT2D eigenvalue weighted by molar-refractivity contribution is 0.111. The zero-order valence-corrected chi connectivity index (χ0v) is 8.78. The fourth-order valence-electron chi connectivity index (χ4n) is 1.35. The number of rotatable bonds is 4. The summed E-state index contributed by atoms with van der Waals surface area (Å²) in [5.41, 5.74) is 1.30. The van der Waals surface area contributed by atoms with Gasteiger partial charge in [0, 0.05) is 11.9 Å². The molecule has 15 heavy (non-hydrogen) atoms. The van der Waals surface area contributed by atoms with Gasteiger partial charge in [-0.15, -0.1) is 11.8 Å². The maximum absolute atomic E-state index is 10.9. The number of pyridine rings is 1. The molecule has 0 fully saturated rings. The summed E-state index contributed by atoms with van der Waals surface area (Å²) < 4.78 is 1.74. The van der Waals surface area contributed by atoms with Gasteiger partial charge in [0.05, 0.1) is 6.61 Å². The molecule has 78 valence electrons. The van der Waals surface area contributed by atoms with Crippen molar-refractivity contribution in [1.82, 2.24) is 9.38 Å². The van der Waals surface area contributed by atoms with Crippen LogP contribution in [0.5, 0.6) is 0 Å². The average Bonchev–Trinajstić information content (AvgIpc) is 2.63. The number of aliphatic hydroxyl groups excluding tert-OH is 1. The summed E-state index contributed by atoms with van der Waals surface area (Å²) in [6.45, 7) is 0.0802. The highest BCUT2D eigenvalue weighted by molar-refractivity contribution is 7.99. The molecule has 0 saturated heterocycles. The molecule has 0 aromatic carbocycles. The van der Waals surface area contributed by atoms with Crippen molar-refractivity contribution in [1.29, 1.82) is 0 Å². The van der Waals surface area contributed by atoms with Crippen molar-refractivity contribution in [2.75, 3.05) is 12.4 Å². The molecular weight excluding hydrogens is 212 g/mol. The van der Waals surface area contributed by atoms with E-state index in [0.29, 0.717) is 16.5 Å². The molecule has 0 amide bonds. The fourth-order valence-corrected chi connectivity index (χ4v) is 2.09. The number of nitrogens with zero attached hydrogens (tertiary/aromatic N) is 2. The lowest BCUT2D eigenvalue weighted by Crippen LogP contribution is -1.92. The highest BCUT2D eigenvalue weighted by atomic mass is 32.2. The molecule has 0 atom stereocenters. The molecule has 0 bridgehead atoms. The van der Waals surface area contributed by atoms with Crippen LogP contribution in [0.1, 0.15) is 10.5 Å². The Balaban J connectivity index is 2.49. The summed E-state index contributed by atoms with van der Waals surface area (Å²) in [6.07, 6.45) is 2.59. The molecule has 0 unspecified atom stereocenters. The summed E-state index contributed by atoms with van der Waals surface area (Å²) in [5, 5.41) is 9.39. The molecule has 5 heteroatoms. The summed E-state index contributed by atoms with van der Waals surface area (Å²) in [6, 6.07) is 5.57. The summed E-state index contributed by atoms with van der Waals surface area (Å²) in [5.74, 6) is 0.546. The number of hydrogen-bond donors (Lipinski definition) is 1. The normalized spacial score (nSPS) is 10.7. The van der Waals surface area contributed by atoms with Crippen LogP contribution in [-0.4, -0.2) is 33.1 Å². The first-order chi connectivity index (χ1) is 7.36. The van der Waals surface area contributed by atoms with Crippen LogP contribution in [0.25, 0.3) is 5.65 Å². The zero-order valence-electron chi connectivity index (χ0n) is 7.96. The number of carbonyl (C=O) groups is 1. The second kappa shape index (κ2) is 4.46. The largest absolute Gasteiger partial charge is 0.396 e. The molecule has 2 aromatic heterocycles. The van der Waals surface area contributed by atoms with E-state index in [9.17, 15) is 4.79 Å². The van der Waals surface area contributed by atoms with E-state index in [0.717, 1.165) is 11.9 Å². The van der Waals surface area contributed by atoms with Crippen LogP contribution < -0.4 is 0 Å². The quantitative estimate of drug-likeness (QED) is 0.624. The van der Waals surface area contributed by atoms with Gasteiger partial charge in [-0.3, -0.25) is 9.20 Å². The van der Waals surface area contributed by atoms with Crippen LogP contribution in [-0.2, 0) is 0 Å². The van der Waals surface area contributed by atoms with E-state index >= 15 is 0 Å². The highest BCUT2D eigenvalue weighted by Crippen LogP contribution is 2.21. The van der Waals surface area contributed by atoms with Crippen molar-refractivity contribution in [2.45, 2.75) is 5.03 Å². The van der Waals surface area contributed by atoms with Crippen molar-refractivity contribution in [2.24, 2.45) is 0 Å². The van der Waals surface area contributed by atoms with E-state index < -0.39 is 0 Å². The maximum Gasteiger partial charge on any atom is 0.169 e. The Labute approximate surface area is 90.9 Å². The van der Waals surface area contributed by atoms with Crippen LogP contribution in [0, 0.1) is 0 Å². The van der Waals surface area contributed by atoms with Gasteiger partial charge in [-0.25, -0.2) is 4.98 Å². The Bertz CT molecular complexity index is 481. The zero-order chi connectivity index (χ0) is 10.7. The van der Waals surface area contributed by atoms with Crippen LogP contribution in [0.2, 0.25) is 0 Å². The first-order valence-corrected chi connectivity index (χ1v) is 5.51. The van der Waals surface area contributed by atoms with Gasteiger partial charge >= 0.3 is 0 Å². The van der Waals surface area contributed by atoms with Crippen LogP contribution >= 0.6 is 11.8 Å². The molecule has 0 spiro atoms. The summed E-state index contributed by atoms with van der Waals surface area (Å²) in [4.78, 5) is 15.2. The van der Waals surface area contributed by atoms with Crippen molar-refractivity contribution in [3.8, 4) is 0 Å². The van der Waals surface area contributed by atoms with Gasteiger partial charge in [-0.2, -0.15) is 0 Å². The monoisotopic (exact) mass is 222 g/mol. The lowest BCUT2D eigenvalue weighted by Gasteiger charge is -1.95. The van der Waals surface area contributed by atoms with E-state index in [2.05, 4.69) is 4.98 Å². The first kappa shape index (κ1) is 10.2. The van der Waals surface area contributed by atoms with Gasteiger partial charge in [0.25, 0.3) is 0 Å². The van der Waals surface area contributed by atoms with Gasteiger partial charge in [-0.05, 0) is 12.1 Å². The SMILES string of the molecule is O=Cc1c(SCCO)nc2ccccn12. The van der Waals surface area contributed by atoms with Crippen LogP contribution in [0.15, 0.2) is 29.4 Å². The van der Waals surface area contributed by atoms with Crippen molar-refractivity contribution in [3.05, 3.63) is 30.1 Å². The Morgan fingerprint density at radius 3 is 3.13 bits per heavy atom. The predicted octanol–water partition coefficient (Wildman–Crippen LogP) is 1.23. The maximum atomic E-state index is 10.9. The Hall–Kier alpha value is -1.33. The van der Waals surface area contributed by atoms with Crippen LogP contribution in [0.3, 0.4) is 0 Å². The standard InChI is InChI=1S/C10H10N2O2S/c13-5-6-15-10-8(7-14)12-4-2-1-3-9(12)11-10/h1-4,7,13H,5-6H2. The number of imidazole rings is 1. The highest BCUT2D eigenvalue weighted by Gasteiger charge is 2.10. The third-order valence-electron chi connectivity index (χ3n) is 1.97. The van der Waals surface area contributed by atoms with Crippen molar-refractivity contribution in [3.63, 3.8) is 0 Å². The van der Waals surface area contributed by atoms with E-state index in [-0.39, 0.29) is 6.61 Å². The van der Waals surface area contributed by atoms with E-state index in [4.69, 9.17) is 5.11 Å². The molecule has 0 radical (unpaired) electrons. The topological polar surface area (TPSA) is 54.6 Å². The number of fused-ring (bicyclic) bond motifs is 1. The number of carbonyl (C=O) groups excluding carboxylic acids is 1. The number of aldehydes is 1. The number of hydrogen-bond acceptors (Lipinski definition) is 4. The lowest BCUT2D eigenvalue weighted by atomic mass is 10.4. The molecule has 2 rings (SSSR count).